The number of rotatable bonds is 7. The predicted octanol–water partition coefficient (Wildman–Crippen LogP) is 6.09. The Morgan fingerprint density at radius 2 is 1.81 bits per heavy atom. The zero-order valence-electron chi connectivity index (χ0n) is 19.9. The minimum Gasteiger partial charge on any atom is -0.508 e. The molecule has 2 heterocycles. The lowest BCUT2D eigenvalue weighted by molar-refractivity contribution is 0.0526. The van der Waals surface area contributed by atoms with E-state index in [4.69, 9.17) is 9.84 Å². The number of phenols is 1. The summed E-state index contributed by atoms with van der Waals surface area (Å²) in [5, 5.41) is 26.0. The van der Waals surface area contributed by atoms with Gasteiger partial charge in [-0.1, -0.05) is 59.9 Å². The second-order valence-electron chi connectivity index (χ2n) is 8.17. The maximum Gasteiger partial charge on any atom is 0.338 e. The van der Waals surface area contributed by atoms with Gasteiger partial charge in [0.2, 0.25) is 0 Å². The van der Waals surface area contributed by atoms with Crippen LogP contribution in [-0.4, -0.2) is 28.4 Å². The van der Waals surface area contributed by atoms with Gasteiger partial charge in [-0.25, -0.2) is 9.80 Å². The van der Waals surface area contributed by atoms with Crippen molar-refractivity contribution in [1.29, 1.82) is 0 Å². The molecule has 9 nitrogen and oxygen atoms in total. The Labute approximate surface area is 216 Å². The molecule has 37 heavy (non-hydrogen) atoms. The van der Waals surface area contributed by atoms with Gasteiger partial charge in [0, 0.05) is 12.0 Å². The van der Waals surface area contributed by atoms with Gasteiger partial charge >= 0.3 is 10.8 Å². The van der Waals surface area contributed by atoms with E-state index in [0.717, 1.165) is 22.6 Å². The molecule has 4 aromatic rings. The summed E-state index contributed by atoms with van der Waals surface area (Å²) in [4.78, 5) is 26.8. The topological polar surface area (TPSA) is 120 Å². The van der Waals surface area contributed by atoms with E-state index in [1.165, 1.54) is 0 Å². The quantitative estimate of drug-likeness (QED) is 0.229. The number of aromatic hydroxyl groups is 1. The van der Waals surface area contributed by atoms with Crippen LogP contribution < -0.4 is 9.88 Å². The first-order valence-corrected chi connectivity index (χ1v) is 12.5. The number of para-hydroxylation sites is 1. The van der Waals surface area contributed by atoms with E-state index in [1.807, 2.05) is 42.5 Å². The van der Waals surface area contributed by atoms with Gasteiger partial charge in [-0.15, -0.1) is 10.2 Å². The first-order valence-electron chi connectivity index (χ1n) is 11.7. The summed E-state index contributed by atoms with van der Waals surface area (Å²) >= 11 is 0.914. The number of nitrogens with one attached hydrogen (secondary N) is 1. The Morgan fingerprint density at radius 1 is 1.08 bits per heavy atom. The first kappa shape index (κ1) is 24.1. The normalized spacial score (nSPS) is 15.2. The minimum absolute atomic E-state index is 0.143. The number of aromatic amines is 1. The largest absolute Gasteiger partial charge is 0.508 e. The van der Waals surface area contributed by atoms with Crippen LogP contribution in [0.2, 0.25) is 0 Å². The second-order valence-corrected chi connectivity index (χ2v) is 9.13. The Balaban J connectivity index is 1.50. The molecule has 0 amide bonds. The number of aromatic nitrogens is 1. The molecule has 10 heteroatoms. The van der Waals surface area contributed by atoms with Gasteiger partial charge in [0.15, 0.2) is 10.8 Å². The van der Waals surface area contributed by atoms with Crippen LogP contribution in [0.5, 0.6) is 5.75 Å². The average molecular weight is 514 g/mol. The number of nitrogens with zero attached hydrogens (tertiary/aromatic N) is 4. The van der Waals surface area contributed by atoms with Crippen LogP contribution in [-0.2, 0) is 4.74 Å². The van der Waals surface area contributed by atoms with Gasteiger partial charge in [-0.2, -0.15) is 5.10 Å². The van der Waals surface area contributed by atoms with Gasteiger partial charge < -0.3 is 9.84 Å². The van der Waals surface area contributed by atoms with Crippen molar-refractivity contribution >= 4 is 39.5 Å². The van der Waals surface area contributed by atoms with Crippen molar-refractivity contribution in [1.82, 2.24) is 4.98 Å². The lowest BCUT2D eigenvalue weighted by Gasteiger charge is -2.23. The number of hydrazone groups is 1. The molecule has 186 valence electrons. The monoisotopic (exact) mass is 513 g/mol. The average Bonchev–Trinajstić information content (AvgIpc) is 3.52. The third-order valence-electron chi connectivity index (χ3n) is 5.79. The van der Waals surface area contributed by atoms with Crippen molar-refractivity contribution in [3.8, 4) is 5.75 Å². The van der Waals surface area contributed by atoms with Crippen molar-refractivity contribution < 1.29 is 14.6 Å². The van der Waals surface area contributed by atoms with E-state index in [2.05, 4.69) is 15.2 Å². The zero-order chi connectivity index (χ0) is 25.8. The van der Waals surface area contributed by atoms with Crippen molar-refractivity contribution in [2.24, 2.45) is 15.3 Å². The van der Waals surface area contributed by atoms with Gasteiger partial charge in [-0.05, 0) is 42.8 Å². The molecule has 1 aliphatic heterocycles. The van der Waals surface area contributed by atoms with Gasteiger partial charge in [0.25, 0.3) is 0 Å². The van der Waals surface area contributed by atoms with Crippen LogP contribution >= 0.6 is 11.3 Å². The number of azo groups is 1. The lowest BCUT2D eigenvalue weighted by Crippen LogP contribution is -2.19. The highest BCUT2D eigenvalue weighted by molar-refractivity contribution is 7.13. The van der Waals surface area contributed by atoms with Gasteiger partial charge in [0.05, 0.1) is 29.6 Å². The molecule has 0 saturated heterocycles. The van der Waals surface area contributed by atoms with Crippen molar-refractivity contribution in [3.05, 3.63) is 105 Å². The van der Waals surface area contributed by atoms with Crippen LogP contribution in [0.1, 0.15) is 40.9 Å². The number of anilines is 1. The first-order chi connectivity index (χ1) is 18.0. The fourth-order valence-electron chi connectivity index (χ4n) is 4.05. The second kappa shape index (κ2) is 10.6. The summed E-state index contributed by atoms with van der Waals surface area (Å²) in [5.41, 5.74) is 3.37. The number of thiazole rings is 1. The molecule has 3 aromatic carbocycles. The fourth-order valence-corrected chi connectivity index (χ4v) is 4.70. The number of H-pyrrole nitrogens is 1. The highest BCUT2D eigenvalue weighted by Gasteiger charge is 2.34. The molecular formula is C27H23N5O4S. The smallest absolute Gasteiger partial charge is 0.338 e. The van der Waals surface area contributed by atoms with E-state index in [0.29, 0.717) is 40.7 Å². The molecule has 0 radical (unpaired) electrons. The number of hydrogen-bond donors (Lipinski definition) is 2. The van der Waals surface area contributed by atoms with E-state index in [9.17, 15) is 14.7 Å². The van der Waals surface area contributed by atoms with Crippen LogP contribution in [0.4, 0.5) is 16.5 Å². The molecule has 0 spiro atoms. The molecule has 2 N–H and O–H groups in total. The Morgan fingerprint density at radius 3 is 2.54 bits per heavy atom. The van der Waals surface area contributed by atoms with Gasteiger partial charge in [-0.3, -0.25) is 9.78 Å². The number of hydrogen-bond acceptors (Lipinski definition) is 9. The van der Waals surface area contributed by atoms with Crippen molar-refractivity contribution in [2.75, 3.05) is 11.6 Å². The number of carbonyl (C=O) groups is 1. The summed E-state index contributed by atoms with van der Waals surface area (Å²) < 4.78 is 5.00. The lowest BCUT2D eigenvalue weighted by atomic mass is 9.98. The zero-order valence-corrected chi connectivity index (χ0v) is 20.7. The third-order valence-corrected chi connectivity index (χ3v) is 6.55. The fraction of sp³-hybridized carbons (Fsp3) is 0.148. The molecule has 1 unspecified atom stereocenters. The predicted molar refractivity (Wildman–Crippen MR) is 142 cm³/mol. The van der Waals surface area contributed by atoms with E-state index >= 15 is 0 Å². The van der Waals surface area contributed by atoms with Crippen LogP contribution in [0.15, 0.2) is 99.0 Å². The number of carbonyl (C=O) groups excluding carboxylic acids is 1. The number of phenolic OH excluding ortho intramolecular Hbond substituents is 1. The summed E-state index contributed by atoms with van der Waals surface area (Å²) in [6.45, 7) is 2.04. The number of ether oxygens (including phenoxy) is 1. The maximum absolute atomic E-state index is 12.4. The Hall–Kier alpha value is -4.57. The Kier molecular flexibility index (Phi) is 6.91. The molecule has 5 rings (SSSR count). The van der Waals surface area contributed by atoms with Crippen LogP contribution in [0.3, 0.4) is 0 Å². The minimum atomic E-state index is -0.409. The van der Waals surface area contributed by atoms with E-state index in [-0.39, 0.29) is 16.7 Å². The molecular weight excluding hydrogens is 490 g/mol. The maximum atomic E-state index is 12.4. The van der Waals surface area contributed by atoms with Crippen LogP contribution in [0.25, 0.3) is 0 Å². The summed E-state index contributed by atoms with van der Waals surface area (Å²) in [7, 11) is 0. The number of benzene rings is 3. The SMILES string of the molecule is CCOC(=O)c1ccc(N=Nc2sc(=O)[nH]c2N2N=C(c3ccccc3)CC2c2ccccc2O)cc1. The highest BCUT2D eigenvalue weighted by Crippen LogP contribution is 2.43. The standard InChI is InChI=1S/C27H23N5O4S/c1-2-36-26(34)18-12-14-19(15-13-18)29-30-25-24(28-27(35)37-25)32-22(20-10-6-7-11-23(20)33)16-21(31-32)17-8-4-3-5-9-17/h3-15,22,33H,2,16H2,1H3,(H,28,35). The molecule has 0 bridgehead atoms. The van der Waals surface area contributed by atoms with Gasteiger partial charge in [0.1, 0.15) is 5.75 Å². The molecule has 1 aromatic heterocycles. The molecule has 0 fully saturated rings. The Bertz CT molecular complexity index is 1530. The van der Waals surface area contributed by atoms with Crippen molar-refractivity contribution in [2.45, 2.75) is 19.4 Å². The third kappa shape index (κ3) is 5.19. The molecule has 0 aliphatic carbocycles. The summed E-state index contributed by atoms with van der Waals surface area (Å²) in [5.74, 6) is 0.124. The molecule has 1 atom stereocenters. The van der Waals surface area contributed by atoms with E-state index < -0.39 is 5.97 Å². The van der Waals surface area contributed by atoms with Crippen LogP contribution in [0, 0.1) is 0 Å². The summed E-state index contributed by atoms with van der Waals surface area (Å²) in [6.07, 6.45) is 0.519. The highest BCUT2D eigenvalue weighted by atomic mass is 32.1. The van der Waals surface area contributed by atoms with Crippen molar-refractivity contribution in [3.63, 3.8) is 0 Å². The summed E-state index contributed by atoms with van der Waals surface area (Å²) in [6, 6.07) is 23.0. The van der Waals surface area contributed by atoms with E-state index in [1.54, 1.807) is 48.3 Å². The molecule has 1 aliphatic rings. The number of esters is 1. The molecule has 0 saturated carbocycles.